The highest BCUT2D eigenvalue weighted by Gasteiger charge is 2.63. The van der Waals surface area contributed by atoms with Crippen molar-refractivity contribution in [3.8, 4) is 17.2 Å². The Bertz CT molecular complexity index is 1540. The van der Waals surface area contributed by atoms with E-state index in [9.17, 15) is 15.0 Å². The maximum Gasteiger partial charge on any atom is 0.230 e. The summed E-state index contributed by atoms with van der Waals surface area (Å²) in [5, 5.41) is 24.4. The number of rotatable bonds is 18. The average molecular weight is 720 g/mol. The van der Waals surface area contributed by atoms with Gasteiger partial charge in [-0.2, -0.15) is 11.8 Å². The van der Waals surface area contributed by atoms with E-state index in [2.05, 4.69) is 25.6 Å². The molecule has 2 aliphatic heterocycles. The molecule has 51 heavy (non-hydrogen) atoms. The van der Waals surface area contributed by atoms with Crippen LogP contribution < -0.4 is 9.47 Å². The van der Waals surface area contributed by atoms with Gasteiger partial charge in [0.25, 0.3) is 0 Å². The molecule has 0 spiro atoms. The molecule has 2 N–H and O–H groups in total. The second-order valence-corrected chi connectivity index (χ2v) is 15.4. The summed E-state index contributed by atoms with van der Waals surface area (Å²) < 4.78 is 26.4. The van der Waals surface area contributed by atoms with Gasteiger partial charge in [0.15, 0.2) is 0 Å². The second-order valence-electron chi connectivity index (χ2n) is 13.9. The van der Waals surface area contributed by atoms with Crippen molar-refractivity contribution in [2.75, 3.05) is 32.2 Å². The quantitative estimate of drug-likeness (QED) is 0.0681. The number of carbonyl (C=O) groups excluding carboxylic acids is 1. The highest BCUT2D eigenvalue weighted by atomic mass is 32.2. The summed E-state index contributed by atoms with van der Waals surface area (Å²) in [5.74, 6) is 2.03. The third kappa shape index (κ3) is 8.41. The van der Waals surface area contributed by atoms with Gasteiger partial charge in [-0.1, -0.05) is 49.2 Å². The lowest BCUT2D eigenvalue weighted by Gasteiger charge is -2.58. The van der Waals surface area contributed by atoms with Crippen molar-refractivity contribution in [2.45, 2.75) is 94.4 Å². The first-order chi connectivity index (χ1) is 25.0. The number of aldehydes is 1. The number of hydrogen-bond acceptors (Lipinski definition) is 10. The van der Waals surface area contributed by atoms with Crippen LogP contribution >= 0.6 is 11.8 Å². The predicted molar refractivity (Wildman–Crippen MR) is 200 cm³/mol. The van der Waals surface area contributed by atoms with Crippen LogP contribution in [0.3, 0.4) is 0 Å². The Balaban J connectivity index is 1.51. The Hall–Kier alpha value is -3.15. The van der Waals surface area contributed by atoms with Crippen molar-refractivity contribution in [3.63, 3.8) is 0 Å². The number of oxime groups is 1. The van der Waals surface area contributed by atoms with Crippen molar-refractivity contribution in [3.05, 3.63) is 77.9 Å². The van der Waals surface area contributed by atoms with Crippen molar-refractivity contribution < 1.29 is 38.8 Å². The number of carbonyl (C=O) groups is 1. The lowest BCUT2D eigenvalue weighted by Crippen LogP contribution is -2.64. The number of fused-ring (bicyclic) bond motifs is 2. The molecule has 7 atom stereocenters. The second kappa shape index (κ2) is 18.1. The molecule has 7 unspecified atom stereocenters. The summed E-state index contributed by atoms with van der Waals surface area (Å²) in [4.78, 5) is 17.7. The fraction of sp³-hybridized carbons (Fsp3) is 0.561. The molecule has 2 aromatic rings. The third-order valence-corrected chi connectivity index (χ3v) is 11.9. The van der Waals surface area contributed by atoms with Gasteiger partial charge in [-0.25, -0.2) is 0 Å². The van der Waals surface area contributed by atoms with Crippen LogP contribution in [0.5, 0.6) is 17.2 Å². The van der Waals surface area contributed by atoms with Crippen LogP contribution in [0, 0.1) is 17.8 Å². The number of ether oxygens (including phenoxy) is 4. The van der Waals surface area contributed by atoms with E-state index in [1.54, 1.807) is 18.2 Å². The smallest absolute Gasteiger partial charge is 0.230 e. The summed E-state index contributed by atoms with van der Waals surface area (Å²) in [7, 11) is 0. The van der Waals surface area contributed by atoms with Gasteiger partial charge >= 0.3 is 0 Å². The van der Waals surface area contributed by atoms with Crippen molar-refractivity contribution in [1.82, 2.24) is 0 Å². The number of thioether (sulfide) groups is 1. The number of benzene rings is 2. The lowest BCUT2D eigenvalue weighted by molar-refractivity contribution is -0.223. The molecule has 0 bridgehead atoms. The Kier molecular flexibility index (Phi) is 13.3. The monoisotopic (exact) mass is 719 g/mol. The number of nitrogens with zero attached hydrogens (tertiary/aromatic N) is 1. The van der Waals surface area contributed by atoms with Crippen LogP contribution in [-0.4, -0.2) is 71.7 Å². The molecular weight excluding hydrogens is 667 g/mol. The first kappa shape index (κ1) is 37.6. The van der Waals surface area contributed by atoms with Crippen molar-refractivity contribution in [1.29, 1.82) is 0 Å². The summed E-state index contributed by atoms with van der Waals surface area (Å²) in [6.45, 7) is 7.47. The van der Waals surface area contributed by atoms with Gasteiger partial charge in [0, 0.05) is 43.1 Å². The van der Waals surface area contributed by atoms with Gasteiger partial charge in [0.1, 0.15) is 23.5 Å². The Labute approximate surface area is 306 Å². The number of aliphatic hydroxyl groups excluding tert-OH is 2. The van der Waals surface area contributed by atoms with Crippen LogP contribution in [0.4, 0.5) is 0 Å². The van der Waals surface area contributed by atoms with Crippen LogP contribution in [0.2, 0.25) is 0 Å². The SMILES string of the molecule is C=CCOC12Oc3ccc(Oc4cccc(C=O)c4)cc3C3C(CCCCO)C(CCCCO)C=C(C(=NOC4CCCCO4)CC1SCC)C32. The summed E-state index contributed by atoms with van der Waals surface area (Å²) in [6.07, 6.45) is 13.2. The first-order valence-corrected chi connectivity index (χ1v) is 19.8. The van der Waals surface area contributed by atoms with E-state index in [0.29, 0.717) is 36.7 Å². The number of unbranched alkanes of at least 4 members (excludes halogenated alkanes) is 2. The zero-order valence-electron chi connectivity index (χ0n) is 29.8. The van der Waals surface area contributed by atoms with Gasteiger partial charge in [-0.15, -0.1) is 6.58 Å². The van der Waals surface area contributed by atoms with E-state index < -0.39 is 5.79 Å². The molecule has 1 saturated heterocycles. The molecule has 2 aliphatic carbocycles. The number of aliphatic hydroxyl groups is 2. The Morgan fingerprint density at radius 2 is 1.88 bits per heavy atom. The first-order valence-electron chi connectivity index (χ1n) is 18.8. The van der Waals surface area contributed by atoms with Gasteiger partial charge < -0.3 is 34.0 Å². The zero-order chi connectivity index (χ0) is 35.6. The lowest BCUT2D eigenvalue weighted by atomic mass is 9.56. The summed E-state index contributed by atoms with van der Waals surface area (Å²) in [6, 6.07) is 13.2. The van der Waals surface area contributed by atoms with Gasteiger partial charge in [-0.05, 0) is 92.0 Å². The molecule has 1 saturated carbocycles. The van der Waals surface area contributed by atoms with E-state index in [4.69, 9.17) is 28.9 Å². The normalized spacial score (nSPS) is 28.9. The molecule has 6 rings (SSSR count). The molecule has 9 nitrogen and oxygen atoms in total. The highest BCUT2D eigenvalue weighted by molar-refractivity contribution is 8.00. The van der Waals surface area contributed by atoms with E-state index in [0.717, 1.165) is 92.4 Å². The molecule has 10 heteroatoms. The van der Waals surface area contributed by atoms with Crippen molar-refractivity contribution in [2.24, 2.45) is 22.9 Å². The zero-order valence-corrected chi connectivity index (χ0v) is 30.6. The van der Waals surface area contributed by atoms with E-state index >= 15 is 0 Å². The molecule has 2 heterocycles. The molecule has 2 fully saturated rings. The molecule has 276 valence electrons. The maximum atomic E-state index is 11.5. The van der Waals surface area contributed by atoms with Crippen LogP contribution in [0.15, 0.2) is 71.9 Å². The minimum absolute atomic E-state index is 0.0300. The number of hydrogen-bond donors (Lipinski definition) is 2. The average Bonchev–Trinajstić information content (AvgIpc) is 3.16. The van der Waals surface area contributed by atoms with Crippen LogP contribution in [-0.2, 0) is 14.3 Å². The standard InChI is InChI=1S/C41H53NO8S/c1-3-21-47-41-37(51-4-2)26-35(42-50-38-16-7-10-22-46-38)33-24-29(13-5-8-19-43)32(15-6-9-20-44)39(40(33)41)34-25-31(17-18-36(34)49-41)48-30-14-11-12-28(23-30)27-45/h3,11-12,14,17-18,23-25,27,29,32,37-40,43-44H,1,4-10,13,15-16,19-22,26H2,2H3. The minimum atomic E-state index is -0.995. The Morgan fingerprint density at radius 1 is 1.06 bits per heavy atom. The molecule has 0 amide bonds. The molecular formula is C41H53NO8S. The maximum absolute atomic E-state index is 11.5. The van der Waals surface area contributed by atoms with Gasteiger partial charge in [-0.3, -0.25) is 4.79 Å². The van der Waals surface area contributed by atoms with E-state index in [-0.39, 0.29) is 48.4 Å². The summed E-state index contributed by atoms with van der Waals surface area (Å²) >= 11 is 1.82. The minimum Gasteiger partial charge on any atom is -0.460 e. The van der Waals surface area contributed by atoms with Gasteiger partial charge in [0.05, 0.1) is 30.1 Å². The van der Waals surface area contributed by atoms with Crippen molar-refractivity contribution >= 4 is 23.8 Å². The third-order valence-electron chi connectivity index (χ3n) is 10.6. The highest BCUT2D eigenvalue weighted by Crippen LogP contribution is 2.62. The summed E-state index contributed by atoms with van der Waals surface area (Å²) in [5.41, 5.74) is 3.60. The molecule has 0 radical (unpaired) electrons. The fourth-order valence-electron chi connectivity index (χ4n) is 8.44. The number of allylic oxidation sites excluding steroid dienone is 1. The van der Waals surface area contributed by atoms with E-state index in [1.807, 2.05) is 36.0 Å². The molecule has 0 aromatic heterocycles. The largest absolute Gasteiger partial charge is 0.460 e. The van der Waals surface area contributed by atoms with Gasteiger partial charge in [0.2, 0.25) is 12.1 Å². The predicted octanol–water partition coefficient (Wildman–Crippen LogP) is 8.20. The van der Waals surface area contributed by atoms with Crippen LogP contribution in [0.1, 0.15) is 93.0 Å². The molecule has 2 aromatic carbocycles. The molecule has 4 aliphatic rings. The Morgan fingerprint density at radius 3 is 2.63 bits per heavy atom. The topological polar surface area (TPSA) is 116 Å². The fourth-order valence-corrected chi connectivity index (χ4v) is 9.62. The van der Waals surface area contributed by atoms with Crippen LogP contribution in [0.25, 0.3) is 0 Å². The van der Waals surface area contributed by atoms with E-state index in [1.165, 1.54) is 0 Å².